The molecule has 2 nitrogen and oxygen atoms in total. The van der Waals surface area contributed by atoms with E-state index in [4.69, 9.17) is 5.11 Å². The zero-order valence-corrected chi connectivity index (χ0v) is 7.73. The zero-order chi connectivity index (χ0) is 10.7. The number of hydrogen-bond acceptors (Lipinski definition) is 2. The van der Waals surface area contributed by atoms with Crippen molar-refractivity contribution in [3.05, 3.63) is 0 Å². The lowest BCUT2D eigenvalue weighted by atomic mass is 9.97. The van der Waals surface area contributed by atoms with Crippen molar-refractivity contribution in [2.24, 2.45) is 0 Å². The van der Waals surface area contributed by atoms with Gasteiger partial charge < -0.3 is 10.2 Å². The molecule has 0 aliphatic carbocycles. The van der Waals surface area contributed by atoms with Gasteiger partial charge in [0.1, 0.15) is 0 Å². The van der Waals surface area contributed by atoms with Gasteiger partial charge in [-0.3, -0.25) is 0 Å². The van der Waals surface area contributed by atoms with Gasteiger partial charge in [0.2, 0.25) is 0 Å². The summed E-state index contributed by atoms with van der Waals surface area (Å²) in [5, 5.41) is 18.3. The highest BCUT2D eigenvalue weighted by atomic mass is 19.4. The van der Waals surface area contributed by atoms with Gasteiger partial charge >= 0.3 is 6.18 Å². The lowest BCUT2D eigenvalue weighted by molar-refractivity contribution is -0.138. The summed E-state index contributed by atoms with van der Waals surface area (Å²) in [6.07, 6.45) is -6.40. The standard InChI is InChI=1S/C8H15F3O2/c1-7(2,13)6(12)4-3-5-8(9,10)11/h6,12-13H,3-5H2,1-2H3. The van der Waals surface area contributed by atoms with Crippen LogP contribution in [0.15, 0.2) is 0 Å². The van der Waals surface area contributed by atoms with Crippen molar-refractivity contribution < 1.29 is 23.4 Å². The van der Waals surface area contributed by atoms with Crippen LogP contribution in [0.5, 0.6) is 0 Å². The monoisotopic (exact) mass is 200 g/mol. The summed E-state index contributed by atoms with van der Waals surface area (Å²) in [7, 11) is 0. The Balaban J connectivity index is 3.67. The van der Waals surface area contributed by atoms with Crippen LogP contribution in [0.25, 0.3) is 0 Å². The summed E-state index contributed by atoms with van der Waals surface area (Å²) in [4.78, 5) is 0. The van der Waals surface area contributed by atoms with E-state index in [0.717, 1.165) is 0 Å². The summed E-state index contributed by atoms with van der Waals surface area (Å²) in [5.41, 5.74) is -1.33. The van der Waals surface area contributed by atoms with E-state index in [2.05, 4.69) is 0 Å². The van der Waals surface area contributed by atoms with Crippen LogP contribution in [0, 0.1) is 0 Å². The average molecular weight is 200 g/mol. The molecule has 80 valence electrons. The third-order valence-corrected chi connectivity index (χ3v) is 1.75. The Morgan fingerprint density at radius 2 is 1.69 bits per heavy atom. The van der Waals surface area contributed by atoms with E-state index in [0.29, 0.717) is 0 Å². The molecule has 0 aliphatic rings. The minimum absolute atomic E-state index is 0.0387. The summed E-state index contributed by atoms with van der Waals surface area (Å²) in [5.74, 6) is 0. The Kier molecular flexibility index (Phi) is 4.19. The number of halogens is 3. The minimum atomic E-state index is -4.18. The van der Waals surface area contributed by atoms with Crippen molar-refractivity contribution >= 4 is 0 Å². The number of rotatable bonds is 4. The van der Waals surface area contributed by atoms with Gasteiger partial charge in [0.05, 0.1) is 11.7 Å². The quantitative estimate of drug-likeness (QED) is 0.727. The third-order valence-electron chi connectivity index (χ3n) is 1.75. The topological polar surface area (TPSA) is 40.5 Å². The van der Waals surface area contributed by atoms with Crippen molar-refractivity contribution in [1.82, 2.24) is 0 Å². The molecule has 0 fully saturated rings. The summed E-state index contributed by atoms with van der Waals surface area (Å²) < 4.78 is 35.0. The first-order valence-electron chi connectivity index (χ1n) is 4.10. The van der Waals surface area contributed by atoms with Crippen molar-refractivity contribution in [2.45, 2.75) is 51.0 Å². The molecular weight excluding hydrogens is 185 g/mol. The molecule has 5 heteroatoms. The fourth-order valence-corrected chi connectivity index (χ4v) is 0.849. The Morgan fingerprint density at radius 1 is 1.23 bits per heavy atom. The highest BCUT2D eigenvalue weighted by molar-refractivity contribution is 4.76. The van der Waals surface area contributed by atoms with E-state index in [9.17, 15) is 18.3 Å². The molecule has 0 aromatic rings. The van der Waals surface area contributed by atoms with Crippen LogP contribution in [0.2, 0.25) is 0 Å². The largest absolute Gasteiger partial charge is 0.390 e. The van der Waals surface area contributed by atoms with Crippen LogP contribution in [0.4, 0.5) is 13.2 Å². The van der Waals surface area contributed by atoms with E-state index in [-0.39, 0.29) is 12.8 Å². The lowest BCUT2D eigenvalue weighted by Crippen LogP contribution is -2.35. The molecule has 0 radical (unpaired) electrons. The predicted molar refractivity (Wildman–Crippen MR) is 42.2 cm³/mol. The van der Waals surface area contributed by atoms with E-state index >= 15 is 0 Å². The highest BCUT2D eigenvalue weighted by Crippen LogP contribution is 2.24. The molecule has 0 amide bonds. The second-order valence-corrected chi connectivity index (χ2v) is 3.68. The first-order valence-corrected chi connectivity index (χ1v) is 4.10. The molecule has 0 aliphatic heterocycles. The molecule has 0 aromatic carbocycles. The van der Waals surface area contributed by atoms with E-state index < -0.39 is 24.3 Å². The van der Waals surface area contributed by atoms with Crippen molar-refractivity contribution in [1.29, 1.82) is 0 Å². The molecule has 2 N–H and O–H groups in total. The second-order valence-electron chi connectivity index (χ2n) is 3.68. The maximum Gasteiger partial charge on any atom is 0.389 e. The van der Waals surface area contributed by atoms with Crippen LogP contribution in [-0.2, 0) is 0 Å². The summed E-state index contributed by atoms with van der Waals surface area (Å²) >= 11 is 0. The Labute approximate surface area is 75.4 Å². The first-order chi connectivity index (χ1) is 5.63. The van der Waals surface area contributed by atoms with E-state index in [1.54, 1.807) is 0 Å². The molecule has 1 unspecified atom stereocenters. The lowest BCUT2D eigenvalue weighted by Gasteiger charge is -2.24. The highest BCUT2D eigenvalue weighted by Gasteiger charge is 2.29. The van der Waals surface area contributed by atoms with Crippen LogP contribution >= 0.6 is 0 Å². The van der Waals surface area contributed by atoms with Crippen molar-refractivity contribution in [2.75, 3.05) is 0 Å². The second kappa shape index (κ2) is 4.28. The normalized spacial score (nSPS) is 15.9. The van der Waals surface area contributed by atoms with Gasteiger partial charge in [-0.1, -0.05) is 0 Å². The summed E-state index contributed by atoms with van der Waals surface area (Å²) in [6.45, 7) is 2.73. The van der Waals surface area contributed by atoms with Crippen molar-refractivity contribution in [3.8, 4) is 0 Å². The van der Waals surface area contributed by atoms with Crippen LogP contribution in [-0.4, -0.2) is 28.1 Å². The van der Waals surface area contributed by atoms with Gasteiger partial charge in [0.25, 0.3) is 0 Å². The van der Waals surface area contributed by atoms with Crippen molar-refractivity contribution in [3.63, 3.8) is 0 Å². The van der Waals surface area contributed by atoms with Crippen LogP contribution < -0.4 is 0 Å². The minimum Gasteiger partial charge on any atom is -0.390 e. The van der Waals surface area contributed by atoms with Gasteiger partial charge in [0, 0.05) is 6.42 Å². The number of hydrogen-bond donors (Lipinski definition) is 2. The van der Waals surface area contributed by atoms with E-state index in [1.807, 2.05) is 0 Å². The Hall–Kier alpha value is -0.290. The maximum atomic E-state index is 11.7. The molecule has 0 rings (SSSR count). The number of alkyl halides is 3. The van der Waals surface area contributed by atoms with Gasteiger partial charge in [-0.25, -0.2) is 0 Å². The van der Waals surface area contributed by atoms with Crippen LogP contribution in [0.3, 0.4) is 0 Å². The average Bonchev–Trinajstić information content (AvgIpc) is 1.82. The number of aliphatic hydroxyl groups excluding tert-OH is 1. The number of aliphatic hydroxyl groups is 2. The molecular formula is C8H15F3O2. The molecule has 1 atom stereocenters. The smallest absolute Gasteiger partial charge is 0.389 e. The van der Waals surface area contributed by atoms with E-state index in [1.165, 1.54) is 13.8 Å². The fraction of sp³-hybridized carbons (Fsp3) is 1.00. The summed E-state index contributed by atoms with van der Waals surface area (Å²) in [6, 6.07) is 0. The van der Waals surface area contributed by atoms with Gasteiger partial charge in [-0.05, 0) is 26.7 Å². The third kappa shape index (κ3) is 6.83. The first kappa shape index (κ1) is 12.7. The predicted octanol–water partition coefficient (Wildman–Crippen LogP) is 1.85. The Morgan fingerprint density at radius 3 is 2.00 bits per heavy atom. The zero-order valence-electron chi connectivity index (χ0n) is 7.73. The molecule has 0 saturated carbocycles. The fourth-order valence-electron chi connectivity index (χ4n) is 0.849. The van der Waals surface area contributed by atoms with Crippen LogP contribution in [0.1, 0.15) is 33.1 Å². The maximum absolute atomic E-state index is 11.7. The molecule has 0 saturated heterocycles. The Bertz CT molecular complexity index is 148. The molecule has 0 spiro atoms. The van der Waals surface area contributed by atoms with Gasteiger partial charge in [-0.15, -0.1) is 0 Å². The molecule has 0 heterocycles. The molecule has 0 bridgehead atoms. The molecule has 13 heavy (non-hydrogen) atoms. The molecule has 0 aromatic heterocycles. The SMILES string of the molecule is CC(C)(O)C(O)CCCC(F)(F)F. The van der Waals surface area contributed by atoms with Gasteiger partial charge in [-0.2, -0.15) is 13.2 Å². The van der Waals surface area contributed by atoms with Gasteiger partial charge in [0.15, 0.2) is 0 Å².